The molecular formula is C21H32O6Si. The van der Waals surface area contributed by atoms with Gasteiger partial charge in [-0.25, -0.2) is 0 Å². The van der Waals surface area contributed by atoms with Gasteiger partial charge in [0.25, 0.3) is 0 Å². The molecule has 6 nitrogen and oxygen atoms in total. The van der Waals surface area contributed by atoms with Crippen LogP contribution in [-0.2, 0) is 27.5 Å². The zero-order valence-corrected chi connectivity index (χ0v) is 18.7. The highest BCUT2D eigenvalue weighted by atomic mass is 28.4. The Kier molecular flexibility index (Phi) is 11.3. The Hall–Kier alpha value is -2.06. The predicted molar refractivity (Wildman–Crippen MR) is 112 cm³/mol. The van der Waals surface area contributed by atoms with Crippen LogP contribution in [0.15, 0.2) is 65.8 Å². The lowest BCUT2D eigenvalue weighted by atomic mass is 10.4. The summed E-state index contributed by atoms with van der Waals surface area (Å²) < 4.78 is 34.0. The summed E-state index contributed by atoms with van der Waals surface area (Å²) in [5.74, 6) is 0. The van der Waals surface area contributed by atoms with E-state index in [0.29, 0.717) is 19.8 Å². The van der Waals surface area contributed by atoms with Crippen molar-refractivity contribution in [3.8, 4) is 0 Å². The standard InChI is InChI=1S/C21H32O6Si/c1-18(12-22-4)15-25-28(21-10-8-7-9-11-21,26-16-19(2)13-23-5)27-17-20(3)14-24-6/h7-11,15-17H,12-14H2,1-6H3. The second kappa shape index (κ2) is 13.2. The van der Waals surface area contributed by atoms with Gasteiger partial charge in [-0.2, -0.15) is 0 Å². The van der Waals surface area contributed by atoms with Crippen LogP contribution in [0, 0.1) is 0 Å². The highest BCUT2D eigenvalue weighted by Gasteiger charge is 2.49. The molecule has 0 fully saturated rings. The van der Waals surface area contributed by atoms with Crippen LogP contribution >= 0.6 is 0 Å². The van der Waals surface area contributed by atoms with Crippen molar-refractivity contribution >= 4 is 14.0 Å². The second-order valence-electron chi connectivity index (χ2n) is 6.47. The van der Waals surface area contributed by atoms with Gasteiger partial charge in [0.15, 0.2) is 0 Å². The van der Waals surface area contributed by atoms with Crippen molar-refractivity contribution in [3.63, 3.8) is 0 Å². The number of methoxy groups -OCH3 is 3. The van der Waals surface area contributed by atoms with E-state index >= 15 is 0 Å². The first-order valence-electron chi connectivity index (χ1n) is 9.00. The van der Waals surface area contributed by atoms with Gasteiger partial charge in [-0.3, -0.25) is 0 Å². The molecule has 7 heteroatoms. The predicted octanol–water partition coefficient (Wildman–Crippen LogP) is 3.53. The molecule has 0 saturated carbocycles. The van der Waals surface area contributed by atoms with Crippen molar-refractivity contribution in [2.45, 2.75) is 20.8 Å². The summed E-state index contributed by atoms with van der Waals surface area (Å²) in [4.78, 5) is 0. The minimum Gasteiger partial charge on any atom is -0.487 e. The van der Waals surface area contributed by atoms with Crippen LogP contribution in [0.3, 0.4) is 0 Å². The molecule has 0 atom stereocenters. The average Bonchev–Trinajstić information content (AvgIpc) is 2.69. The smallest absolute Gasteiger partial charge is 0.487 e. The van der Waals surface area contributed by atoms with Crippen molar-refractivity contribution in [1.29, 1.82) is 0 Å². The summed E-state index contributed by atoms with van der Waals surface area (Å²) in [6.45, 7) is 7.13. The van der Waals surface area contributed by atoms with Crippen molar-refractivity contribution in [2.24, 2.45) is 0 Å². The lowest BCUT2D eigenvalue weighted by molar-refractivity contribution is 0.181. The molecule has 1 aromatic carbocycles. The SMILES string of the molecule is COCC(C)=CO[Si](OC=C(C)COC)(OC=C(C)COC)c1ccccc1. The zero-order chi connectivity index (χ0) is 20.8. The molecule has 0 N–H and O–H groups in total. The van der Waals surface area contributed by atoms with E-state index < -0.39 is 8.80 Å². The molecule has 0 aliphatic carbocycles. The van der Waals surface area contributed by atoms with E-state index in [9.17, 15) is 0 Å². The van der Waals surface area contributed by atoms with Crippen LogP contribution in [0.5, 0.6) is 0 Å². The van der Waals surface area contributed by atoms with Gasteiger partial charge in [-0.1, -0.05) is 30.3 Å². The number of hydrogen-bond donors (Lipinski definition) is 0. The normalized spacial score (nSPS) is 15.1. The monoisotopic (exact) mass is 408 g/mol. The molecule has 0 radical (unpaired) electrons. The number of rotatable bonds is 13. The van der Waals surface area contributed by atoms with Crippen LogP contribution in [-0.4, -0.2) is 50.0 Å². The van der Waals surface area contributed by atoms with Gasteiger partial charge in [-0.05, 0) is 37.5 Å². The summed E-state index contributed by atoms with van der Waals surface area (Å²) >= 11 is 0. The van der Waals surface area contributed by atoms with E-state index in [-0.39, 0.29) is 0 Å². The third kappa shape index (κ3) is 8.31. The third-order valence-corrected chi connectivity index (χ3v) is 5.81. The first-order chi connectivity index (χ1) is 13.5. The van der Waals surface area contributed by atoms with Gasteiger partial charge in [0.2, 0.25) is 0 Å². The van der Waals surface area contributed by atoms with Crippen LogP contribution < -0.4 is 5.19 Å². The summed E-state index contributed by atoms with van der Waals surface area (Å²) in [6, 6.07) is 9.66. The molecule has 28 heavy (non-hydrogen) atoms. The quantitative estimate of drug-likeness (QED) is 0.368. The molecule has 0 unspecified atom stereocenters. The molecule has 0 amide bonds. The van der Waals surface area contributed by atoms with Gasteiger partial charge in [0.1, 0.15) is 0 Å². The molecule has 0 aliphatic rings. The van der Waals surface area contributed by atoms with E-state index in [4.69, 9.17) is 27.5 Å². The van der Waals surface area contributed by atoms with Gasteiger partial charge < -0.3 is 27.5 Å². The average molecular weight is 409 g/mol. The molecule has 0 spiro atoms. The summed E-state index contributed by atoms with van der Waals surface area (Å²) in [6.07, 6.45) is 4.92. The molecule has 1 rings (SSSR count). The van der Waals surface area contributed by atoms with Crippen molar-refractivity contribution < 1.29 is 27.5 Å². The molecule has 0 aromatic heterocycles. The largest absolute Gasteiger partial charge is 0.735 e. The van der Waals surface area contributed by atoms with Crippen LogP contribution in [0.4, 0.5) is 0 Å². The molecule has 0 aliphatic heterocycles. The Morgan fingerprint density at radius 2 is 1.04 bits per heavy atom. The van der Waals surface area contributed by atoms with E-state index in [2.05, 4.69) is 0 Å². The maximum atomic E-state index is 6.17. The van der Waals surface area contributed by atoms with Crippen LogP contribution in [0.2, 0.25) is 0 Å². The zero-order valence-electron chi connectivity index (χ0n) is 17.7. The van der Waals surface area contributed by atoms with E-state index in [0.717, 1.165) is 21.9 Å². The molecule has 0 bridgehead atoms. The van der Waals surface area contributed by atoms with Crippen molar-refractivity contribution in [2.75, 3.05) is 41.2 Å². The van der Waals surface area contributed by atoms with Crippen molar-refractivity contribution in [1.82, 2.24) is 0 Å². The highest BCUT2D eigenvalue weighted by molar-refractivity contribution is 6.75. The number of hydrogen-bond acceptors (Lipinski definition) is 6. The van der Waals surface area contributed by atoms with Crippen LogP contribution in [0.25, 0.3) is 0 Å². The topological polar surface area (TPSA) is 55.4 Å². The Bertz CT molecular complexity index is 594. The number of ether oxygens (including phenoxy) is 3. The van der Waals surface area contributed by atoms with Gasteiger partial charge in [0.05, 0.1) is 43.8 Å². The first kappa shape index (κ1) is 24.0. The fraction of sp³-hybridized carbons (Fsp3) is 0.429. The second-order valence-corrected chi connectivity index (χ2v) is 8.86. The molecule has 1 aromatic rings. The maximum absolute atomic E-state index is 6.17. The van der Waals surface area contributed by atoms with Gasteiger partial charge in [0, 0.05) is 21.3 Å². The van der Waals surface area contributed by atoms with Gasteiger partial charge >= 0.3 is 8.80 Å². The highest BCUT2D eigenvalue weighted by Crippen LogP contribution is 2.16. The summed E-state index contributed by atoms with van der Waals surface area (Å²) in [5.41, 5.74) is 2.74. The molecular weight excluding hydrogens is 376 g/mol. The lowest BCUT2D eigenvalue weighted by Crippen LogP contribution is -2.54. The Morgan fingerprint density at radius 1 is 0.679 bits per heavy atom. The van der Waals surface area contributed by atoms with Crippen molar-refractivity contribution in [3.05, 3.63) is 65.8 Å². The van der Waals surface area contributed by atoms with Gasteiger partial charge in [-0.15, -0.1) is 0 Å². The Labute approximate surface area is 169 Å². The lowest BCUT2D eigenvalue weighted by Gasteiger charge is -2.27. The molecule has 156 valence electrons. The minimum atomic E-state index is -3.34. The Balaban J connectivity index is 3.32. The third-order valence-electron chi connectivity index (χ3n) is 3.49. The van der Waals surface area contributed by atoms with E-state index in [1.54, 1.807) is 40.1 Å². The fourth-order valence-corrected chi connectivity index (χ4v) is 4.49. The molecule has 0 saturated heterocycles. The minimum absolute atomic E-state index is 0.455. The number of benzene rings is 1. The first-order valence-corrected chi connectivity index (χ1v) is 10.7. The van der Waals surface area contributed by atoms with E-state index in [1.165, 1.54) is 0 Å². The van der Waals surface area contributed by atoms with Crippen LogP contribution in [0.1, 0.15) is 20.8 Å². The summed E-state index contributed by atoms with van der Waals surface area (Å²) in [7, 11) is 1.57. The fourth-order valence-electron chi connectivity index (χ4n) is 2.25. The van der Waals surface area contributed by atoms with E-state index in [1.807, 2.05) is 51.1 Å². The maximum Gasteiger partial charge on any atom is 0.735 e. The summed E-state index contributed by atoms with van der Waals surface area (Å²) in [5, 5.41) is 0.833. The Morgan fingerprint density at radius 3 is 1.36 bits per heavy atom. The molecule has 0 heterocycles.